The minimum atomic E-state index is -0.0974. The maximum absolute atomic E-state index is 13.4. The van der Waals surface area contributed by atoms with Crippen LogP contribution in [0, 0.1) is 11.8 Å². The summed E-state index contributed by atoms with van der Waals surface area (Å²) < 4.78 is 11.8. The van der Waals surface area contributed by atoms with Crippen molar-refractivity contribution < 1.29 is 23.9 Å². The highest BCUT2D eigenvalue weighted by Gasteiger charge is 2.22. The largest absolute Gasteiger partial charge is 0.464 e. The van der Waals surface area contributed by atoms with Crippen molar-refractivity contribution in [3.63, 3.8) is 0 Å². The van der Waals surface area contributed by atoms with Gasteiger partial charge in [0.05, 0.1) is 24.9 Å². The second-order valence-corrected chi connectivity index (χ2v) is 16.5. The molecule has 0 radical (unpaired) electrons. The number of hydrogen-bond donors (Lipinski definition) is 0. The van der Waals surface area contributed by atoms with Crippen LogP contribution in [0.3, 0.4) is 0 Å². The molecule has 0 N–H and O–H groups in total. The third-order valence-electron chi connectivity index (χ3n) is 11.3. The molecule has 0 rings (SSSR count). The Hall–Kier alpha value is -1.59. The van der Waals surface area contributed by atoms with Crippen LogP contribution in [0.5, 0.6) is 0 Å². The first-order valence-electron chi connectivity index (χ1n) is 24.1. The molecule has 0 bridgehead atoms. The minimum Gasteiger partial charge on any atom is -0.464 e. The van der Waals surface area contributed by atoms with E-state index in [9.17, 15) is 14.4 Å². The summed E-state index contributed by atoms with van der Waals surface area (Å²) in [5.41, 5.74) is 0. The van der Waals surface area contributed by atoms with E-state index in [1.54, 1.807) is 4.90 Å². The number of nitrogens with zero attached hydrogens (tertiary/aromatic N) is 1. The van der Waals surface area contributed by atoms with Crippen molar-refractivity contribution in [2.24, 2.45) is 11.8 Å². The molecule has 0 aromatic heterocycles. The monoisotopic (exact) mass is 764 g/mol. The molecule has 0 heterocycles. The van der Waals surface area contributed by atoms with Crippen molar-refractivity contribution in [2.45, 2.75) is 253 Å². The van der Waals surface area contributed by atoms with Gasteiger partial charge >= 0.3 is 11.9 Å². The van der Waals surface area contributed by atoms with Crippen LogP contribution in [0.15, 0.2) is 0 Å². The molecule has 0 aromatic carbocycles. The number of hydrogen-bond acceptors (Lipinski definition) is 5. The number of esters is 2. The van der Waals surface area contributed by atoms with Gasteiger partial charge in [-0.1, -0.05) is 214 Å². The predicted molar refractivity (Wildman–Crippen MR) is 231 cm³/mol. The molecule has 0 aliphatic carbocycles. The van der Waals surface area contributed by atoms with Crippen molar-refractivity contribution in [3.8, 4) is 0 Å². The summed E-state index contributed by atoms with van der Waals surface area (Å²) in [7, 11) is 0. The zero-order valence-electron chi connectivity index (χ0n) is 37.0. The number of rotatable bonds is 42. The molecule has 0 unspecified atom stereocenters. The lowest BCUT2D eigenvalue weighted by atomic mass is 9.94. The first kappa shape index (κ1) is 52.4. The van der Waals surface area contributed by atoms with Gasteiger partial charge in [0.25, 0.3) is 0 Å². The number of unbranched alkanes of at least 4 members (excludes halogenated alkanes) is 24. The van der Waals surface area contributed by atoms with Crippen LogP contribution >= 0.6 is 0 Å². The van der Waals surface area contributed by atoms with Crippen LogP contribution in [0.25, 0.3) is 0 Å². The lowest BCUT2D eigenvalue weighted by Gasteiger charge is -2.24. The summed E-state index contributed by atoms with van der Waals surface area (Å²) in [5, 5.41) is 0. The molecule has 0 spiro atoms. The molecular weight excluding hydrogens is 671 g/mol. The SMILES string of the molecule is CCCCCCCCCC(CCCCCCCCC)C(=O)OCCN(CCOC(=O)C(CCCCCCCCC)CCCCCCCCC)C(=O)CCC. The summed E-state index contributed by atoms with van der Waals surface area (Å²) >= 11 is 0. The molecule has 0 saturated heterocycles. The zero-order valence-corrected chi connectivity index (χ0v) is 37.0. The molecule has 0 aliphatic rings. The van der Waals surface area contributed by atoms with Crippen LogP contribution in [0.4, 0.5) is 0 Å². The highest BCUT2D eigenvalue weighted by molar-refractivity contribution is 5.76. The third-order valence-corrected chi connectivity index (χ3v) is 11.3. The second kappa shape index (κ2) is 41.1. The van der Waals surface area contributed by atoms with Gasteiger partial charge in [-0.3, -0.25) is 14.4 Å². The number of ether oxygens (including phenoxy) is 2. The van der Waals surface area contributed by atoms with Crippen molar-refractivity contribution in [1.29, 1.82) is 0 Å². The van der Waals surface area contributed by atoms with Crippen LogP contribution < -0.4 is 0 Å². The summed E-state index contributed by atoms with van der Waals surface area (Å²) in [6.07, 6.45) is 39.5. The average Bonchev–Trinajstić information content (AvgIpc) is 3.17. The van der Waals surface area contributed by atoms with E-state index in [1.807, 2.05) is 6.92 Å². The molecular formula is C48H93NO5. The Bertz CT molecular complexity index is 738. The highest BCUT2D eigenvalue weighted by Crippen LogP contribution is 2.23. The fourth-order valence-electron chi connectivity index (χ4n) is 7.63. The van der Waals surface area contributed by atoms with Gasteiger partial charge in [0, 0.05) is 6.42 Å². The molecule has 320 valence electrons. The lowest BCUT2D eigenvalue weighted by Crippen LogP contribution is -2.38. The Morgan fingerprint density at radius 3 is 0.889 bits per heavy atom. The first-order valence-corrected chi connectivity index (χ1v) is 24.1. The normalized spacial score (nSPS) is 11.5. The molecule has 0 aromatic rings. The van der Waals surface area contributed by atoms with Crippen LogP contribution in [0.1, 0.15) is 253 Å². The first-order chi connectivity index (χ1) is 26.4. The van der Waals surface area contributed by atoms with E-state index in [0.717, 1.165) is 57.8 Å². The topological polar surface area (TPSA) is 72.9 Å². The van der Waals surface area contributed by atoms with Gasteiger partial charge < -0.3 is 14.4 Å². The fourth-order valence-corrected chi connectivity index (χ4v) is 7.63. The lowest BCUT2D eigenvalue weighted by molar-refractivity contribution is -0.152. The van der Waals surface area contributed by atoms with Crippen molar-refractivity contribution in [1.82, 2.24) is 4.90 Å². The maximum atomic E-state index is 13.4. The van der Waals surface area contributed by atoms with Gasteiger partial charge in [0.15, 0.2) is 0 Å². The van der Waals surface area contributed by atoms with E-state index in [4.69, 9.17) is 9.47 Å². The van der Waals surface area contributed by atoms with Gasteiger partial charge in [-0.2, -0.15) is 0 Å². The Morgan fingerprint density at radius 2 is 0.630 bits per heavy atom. The van der Waals surface area contributed by atoms with E-state index >= 15 is 0 Å². The number of carbonyl (C=O) groups is 3. The van der Waals surface area contributed by atoms with E-state index in [-0.39, 0.29) is 42.9 Å². The van der Waals surface area contributed by atoms with Gasteiger partial charge in [-0.25, -0.2) is 0 Å². The molecule has 6 nitrogen and oxygen atoms in total. The molecule has 54 heavy (non-hydrogen) atoms. The van der Waals surface area contributed by atoms with Gasteiger partial charge in [0.1, 0.15) is 13.2 Å². The molecule has 0 aliphatic heterocycles. The third kappa shape index (κ3) is 32.6. The van der Waals surface area contributed by atoms with Gasteiger partial charge in [-0.15, -0.1) is 0 Å². The summed E-state index contributed by atoms with van der Waals surface area (Å²) in [4.78, 5) is 41.5. The fraction of sp³-hybridized carbons (Fsp3) is 0.938. The predicted octanol–water partition coefficient (Wildman–Crippen LogP) is 14.5. The summed E-state index contributed by atoms with van der Waals surface area (Å²) in [6, 6.07) is 0. The van der Waals surface area contributed by atoms with E-state index < -0.39 is 0 Å². The smallest absolute Gasteiger partial charge is 0.308 e. The van der Waals surface area contributed by atoms with E-state index in [2.05, 4.69) is 27.7 Å². The zero-order chi connectivity index (χ0) is 39.7. The van der Waals surface area contributed by atoms with E-state index in [1.165, 1.54) is 154 Å². The second-order valence-electron chi connectivity index (χ2n) is 16.5. The van der Waals surface area contributed by atoms with Crippen molar-refractivity contribution in [2.75, 3.05) is 26.3 Å². The summed E-state index contributed by atoms with van der Waals surface area (Å²) in [6.45, 7) is 12.1. The highest BCUT2D eigenvalue weighted by atomic mass is 16.5. The molecule has 6 heteroatoms. The molecule has 0 atom stereocenters. The Kier molecular flexibility index (Phi) is 39.8. The van der Waals surface area contributed by atoms with Crippen molar-refractivity contribution in [3.05, 3.63) is 0 Å². The summed E-state index contributed by atoms with van der Waals surface area (Å²) in [5.74, 6) is -0.266. The van der Waals surface area contributed by atoms with Gasteiger partial charge in [-0.05, 0) is 32.1 Å². The minimum absolute atomic E-state index is 0.0370. The number of amides is 1. The molecule has 0 fully saturated rings. The van der Waals surface area contributed by atoms with Crippen LogP contribution in [0.2, 0.25) is 0 Å². The van der Waals surface area contributed by atoms with Gasteiger partial charge in [0.2, 0.25) is 5.91 Å². The van der Waals surface area contributed by atoms with E-state index in [0.29, 0.717) is 19.5 Å². The Morgan fingerprint density at radius 1 is 0.370 bits per heavy atom. The van der Waals surface area contributed by atoms with Crippen molar-refractivity contribution >= 4 is 17.8 Å². The average molecular weight is 764 g/mol. The Balaban J connectivity index is 5.04. The standard InChI is InChI=1S/C48H93NO5/c1-6-11-15-19-23-27-31-36-44(37-32-28-24-20-16-12-7-2)47(51)53-42-40-49(46(50)35-10-5)41-43-54-48(52)45(38-33-29-25-21-17-13-8-3)39-34-30-26-22-18-14-9-4/h44-45H,6-43H2,1-5H3. The number of carbonyl (C=O) groups excluding carboxylic acids is 3. The van der Waals surface area contributed by atoms with Crippen LogP contribution in [-0.4, -0.2) is 49.0 Å². The maximum Gasteiger partial charge on any atom is 0.308 e. The van der Waals surface area contributed by atoms with Crippen LogP contribution in [-0.2, 0) is 23.9 Å². The Labute approximate surface area is 336 Å². The molecule has 1 amide bonds. The molecule has 0 saturated carbocycles. The quantitative estimate of drug-likeness (QED) is 0.0457.